The Bertz CT molecular complexity index is 981. The molecule has 1 unspecified atom stereocenters. The van der Waals surface area contributed by atoms with Crippen LogP contribution in [-0.2, 0) is 9.59 Å². The quantitative estimate of drug-likeness (QED) is 0.370. The number of esters is 1. The Morgan fingerprint density at radius 1 is 1.00 bits per heavy atom. The number of fused-ring (bicyclic) bond motifs is 2. The van der Waals surface area contributed by atoms with Crippen molar-refractivity contribution in [2.24, 2.45) is 0 Å². The molecule has 8 heteroatoms. The molecule has 2 aromatic carbocycles. The standard InChI is InChI=1S/C22H20O8/c1-2-3-14(23)12-25-15-4-7-18-20(10-15)30-22(29-18)9-8-21(24)28-16-5-6-17-19(11-16)27-13-26-17/h4-11,22H,2-3,12-13H2,1H3. The Balaban J connectivity index is 1.30. The van der Waals surface area contributed by atoms with Gasteiger partial charge in [-0.15, -0.1) is 0 Å². The van der Waals surface area contributed by atoms with Crippen molar-refractivity contribution in [2.75, 3.05) is 13.4 Å². The molecule has 0 amide bonds. The van der Waals surface area contributed by atoms with Gasteiger partial charge in [-0.3, -0.25) is 4.79 Å². The fraction of sp³-hybridized carbons (Fsp3) is 0.273. The first kappa shape index (κ1) is 19.6. The summed E-state index contributed by atoms with van der Waals surface area (Å²) < 4.78 is 32.4. The number of ketones is 1. The smallest absolute Gasteiger partial charge is 0.336 e. The van der Waals surface area contributed by atoms with Gasteiger partial charge in [-0.05, 0) is 30.7 Å². The molecule has 30 heavy (non-hydrogen) atoms. The highest BCUT2D eigenvalue weighted by Gasteiger charge is 2.23. The van der Waals surface area contributed by atoms with Crippen LogP contribution in [0.3, 0.4) is 0 Å². The second kappa shape index (κ2) is 8.77. The minimum Gasteiger partial charge on any atom is -0.486 e. The van der Waals surface area contributed by atoms with Gasteiger partial charge in [0.25, 0.3) is 6.29 Å². The minimum absolute atomic E-state index is 0.0164. The summed E-state index contributed by atoms with van der Waals surface area (Å²) in [6, 6.07) is 9.90. The van der Waals surface area contributed by atoms with Gasteiger partial charge in [-0.2, -0.15) is 0 Å². The maximum atomic E-state index is 12.1. The topological polar surface area (TPSA) is 89.5 Å². The third-order valence-corrected chi connectivity index (χ3v) is 4.28. The largest absolute Gasteiger partial charge is 0.486 e. The monoisotopic (exact) mass is 412 g/mol. The molecule has 0 saturated heterocycles. The van der Waals surface area contributed by atoms with Gasteiger partial charge in [0.2, 0.25) is 6.79 Å². The van der Waals surface area contributed by atoms with Crippen LogP contribution in [0.15, 0.2) is 48.6 Å². The number of hydrogen-bond acceptors (Lipinski definition) is 8. The van der Waals surface area contributed by atoms with E-state index in [0.717, 1.165) is 6.42 Å². The van der Waals surface area contributed by atoms with Crippen molar-refractivity contribution in [2.45, 2.75) is 26.1 Å². The average molecular weight is 412 g/mol. The molecule has 156 valence electrons. The molecule has 4 rings (SSSR count). The van der Waals surface area contributed by atoms with Crippen molar-refractivity contribution in [3.05, 3.63) is 48.6 Å². The van der Waals surface area contributed by atoms with E-state index >= 15 is 0 Å². The zero-order chi connectivity index (χ0) is 20.9. The average Bonchev–Trinajstić information content (AvgIpc) is 3.36. The van der Waals surface area contributed by atoms with Crippen LogP contribution >= 0.6 is 0 Å². The third kappa shape index (κ3) is 4.65. The van der Waals surface area contributed by atoms with E-state index in [2.05, 4.69) is 0 Å². The Hall–Kier alpha value is -3.68. The first-order valence-electron chi connectivity index (χ1n) is 9.52. The summed E-state index contributed by atoms with van der Waals surface area (Å²) in [7, 11) is 0. The van der Waals surface area contributed by atoms with Crippen molar-refractivity contribution < 1.29 is 38.0 Å². The van der Waals surface area contributed by atoms with Gasteiger partial charge in [-0.25, -0.2) is 4.79 Å². The molecule has 0 saturated carbocycles. The van der Waals surface area contributed by atoms with Gasteiger partial charge >= 0.3 is 5.97 Å². The summed E-state index contributed by atoms with van der Waals surface area (Å²) in [4.78, 5) is 23.6. The summed E-state index contributed by atoms with van der Waals surface area (Å²) in [5, 5.41) is 0. The van der Waals surface area contributed by atoms with Gasteiger partial charge in [0, 0.05) is 30.7 Å². The molecular weight excluding hydrogens is 392 g/mol. The number of carbonyl (C=O) groups excluding carboxylic acids is 2. The molecule has 0 N–H and O–H groups in total. The van der Waals surface area contributed by atoms with Crippen LogP contribution in [0.25, 0.3) is 0 Å². The van der Waals surface area contributed by atoms with Crippen molar-refractivity contribution in [1.29, 1.82) is 0 Å². The third-order valence-electron chi connectivity index (χ3n) is 4.28. The Kier molecular flexibility index (Phi) is 5.74. The van der Waals surface area contributed by atoms with Crippen LogP contribution in [0.4, 0.5) is 0 Å². The first-order valence-corrected chi connectivity index (χ1v) is 9.52. The molecule has 2 heterocycles. The number of benzene rings is 2. The molecule has 1 atom stereocenters. The molecule has 0 radical (unpaired) electrons. The summed E-state index contributed by atoms with van der Waals surface area (Å²) in [5.74, 6) is 2.41. The molecule has 8 nitrogen and oxygen atoms in total. The predicted octanol–water partition coefficient (Wildman–Crippen LogP) is 3.42. The molecular formula is C22H20O8. The van der Waals surface area contributed by atoms with E-state index in [0.29, 0.717) is 40.9 Å². The van der Waals surface area contributed by atoms with Crippen LogP contribution in [0.1, 0.15) is 19.8 Å². The fourth-order valence-corrected chi connectivity index (χ4v) is 2.88. The zero-order valence-corrected chi connectivity index (χ0v) is 16.3. The Morgan fingerprint density at radius 3 is 2.60 bits per heavy atom. The molecule has 2 aromatic rings. The second-order valence-electron chi connectivity index (χ2n) is 6.59. The number of carbonyl (C=O) groups is 2. The van der Waals surface area contributed by atoms with Crippen LogP contribution in [0.2, 0.25) is 0 Å². The van der Waals surface area contributed by atoms with Gasteiger partial charge in [-0.1, -0.05) is 6.92 Å². The van der Waals surface area contributed by atoms with Gasteiger partial charge in [0.1, 0.15) is 18.1 Å². The molecule has 0 fully saturated rings. The molecule has 0 aromatic heterocycles. The number of Topliss-reactive ketones (excluding diaryl/α,β-unsaturated/α-hetero) is 1. The number of rotatable bonds is 8. The highest BCUT2D eigenvalue weighted by Crippen LogP contribution is 2.38. The maximum Gasteiger partial charge on any atom is 0.336 e. The zero-order valence-electron chi connectivity index (χ0n) is 16.3. The van der Waals surface area contributed by atoms with E-state index < -0.39 is 12.3 Å². The van der Waals surface area contributed by atoms with Crippen LogP contribution < -0.4 is 28.4 Å². The SMILES string of the molecule is CCCC(=O)COc1ccc2c(c1)OC(C=CC(=O)Oc1ccc3c(c1)OCO3)O2. The van der Waals surface area contributed by atoms with E-state index in [9.17, 15) is 9.59 Å². The van der Waals surface area contributed by atoms with Gasteiger partial charge in [0.15, 0.2) is 28.8 Å². The van der Waals surface area contributed by atoms with Crippen LogP contribution in [0.5, 0.6) is 34.5 Å². The first-order chi connectivity index (χ1) is 14.6. The molecule has 0 spiro atoms. The summed E-state index contributed by atoms with van der Waals surface area (Å²) >= 11 is 0. The normalized spacial score (nSPS) is 16.0. The summed E-state index contributed by atoms with van der Waals surface area (Å²) in [6.45, 7) is 2.10. The lowest BCUT2D eigenvalue weighted by Gasteiger charge is -2.06. The number of ether oxygens (including phenoxy) is 6. The van der Waals surface area contributed by atoms with Crippen molar-refractivity contribution >= 4 is 11.8 Å². The molecule has 2 aliphatic rings. The van der Waals surface area contributed by atoms with Crippen LogP contribution in [0, 0.1) is 0 Å². The van der Waals surface area contributed by atoms with E-state index in [1.54, 1.807) is 36.4 Å². The maximum absolute atomic E-state index is 12.1. The van der Waals surface area contributed by atoms with Crippen molar-refractivity contribution in [1.82, 2.24) is 0 Å². The van der Waals surface area contributed by atoms with E-state index in [1.165, 1.54) is 12.2 Å². The minimum atomic E-state index is -0.777. The lowest BCUT2D eigenvalue weighted by Crippen LogP contribution is -2.15. The fourth-order valence-electron chi connectivity index (χ4n) is 2.88. The highest BCUT2D eigenvalue weighted by molar-refractivity contribution is 5.84. The predicted molar refractivity (Wildman–Crippen MR) is 104 cm³/mol. The second-order valence-corrected chi connectivity index (χ2v) is 6.59. The van der Waals surface area contributed by atoms with Crippen molar-refractivity contribution in [3.63, 3.8) is 0 Å². The Labute approximate surface area is 172 Å². The molecule has 2 aliphatic heterocycles. The molecule has 0 bridgehead atoms. The van der Waals surface area contributed by atoms with Gasteiger partial charge < -0.3 is 28.4 Å². The van der Waals surface area contributed by atoms with Crippen LogP contribution in [-0.4, -0.2) is 31.4 Å². The van der Waals surface area contributed by atoms with E-state index in [-0.39, 0.29) is 19.2 Å². The van der Waals surface area contributed by atoms with Crippen molar-refractivity contribution in [3.8, 4) is 34.5 Å². The summed E-state index contributed by atoms with van der Waals surface area (Å²) in [5.41, 5.74) is 0. The molecule has 0 aliphatic carbocycles. The Morgan fingerprint density at radius 2 is 1.73 bits per heavy atom. The van der Waals surface area contributed by atoms with E-state index in [1.807, 2.05) is 6.92 Å². The summed E-state index contributed by atoms with van der Waals surface area (Å²) in [6.07, 6.45) is 3.16. The highest BCUT2D eigenvalue weighted by atomic mass is 16.7. The lowest BCUT2D eigenvalue weighted by molar-refractivity contribution is -0.129. The van der Waals surface area contributed by atoms with Gasteiger partial charge in [0.05, 0.1) is 0 Å². The van der Waals surface area contributed by atoms with E-state index in [4.69, 9.17) is 28.4 Å². The number of hydrogen-bond donors (Lipinski definition) is 0. The lowest BCUT2D eigenvalue weighted by atomic mass is 10.2.